The highest BCUT2D eigenvalue weighted by Gasteiger charge is 2.42. The summed E-state index contributed by atoms with van der Waals surface area (Å²) >= 11 is 0. The molecule has 2 saturated heterocycles. The highest BCUT2D eigenvalue weighted by molar-refractivity contribution is 5.85. The first-order valence-electron chi connectivity index (χ1n) is 7.36. The number of piperidine rings is 1. The van der Waals surface area contributed by atoms with Crippen molar-refractivity contribution in [3.05, 3.63) is 35.9 Å². The number of nitrogens with zero attached hydrogens (tertiary/aromatic N) is 1. The lowest BCUT2D eigenvalue weighted by Gasteiger charge is -2.33. The molecule has 1 aromatic rings. The summed E-state index contributed by atoms with van der Waals surface area (Å²) in [5.74, 6) is 0. The van der Waals surface area contributed by atoms with Crippen molar-refractivity contribution < 1.29 is 4.74 Å². The monoisotopic (exact) mass is 332 g/mol. The molecular weight excluding hydrogens is 307 g/mol. The molecule has 2 fully saturated rings. The maximum Gasteiger partial charge on any atom is 0.0723 e. The normalized spacial score (nSPS) is 23.6. The van der Waals surface area contributed by atoms with Crippen LogP contribution in [0.1, 0.15) is 24.8 Å². The van der Waals surface area contributed by atoms with Crippen molar-refractivity contribution in [1.29, 1.82) is 0 Å². The van der Waals surface area contributed by atoms with E-state index in [9.17, 15) is 0 Å². The van der Waals surface area contributed by atoms with E-state index in [0.717, 1.165) is 26.2 Å². The van der Waals surface area contributed by atoms with E-state index in [1.807, 2.05) is 0 Å². The summed E-state index contributed by atoms with van der Waals surface area (Å²) in [5, 5.41) is 3.43. The van der Waals surface area contributed by atoms with Crippen LogP contribution in [0.2, 0.25) is 0 Å². The Labute approximate surface area is 140 Å². The van der Waals surface area contributed by atoms with Crippen LogP contribution in [0.3, 0.4) is 0 Å². The molecule has 1 atom stereocenters. The summed E-state index contributed by atoms with van der Waals surface area (Å²) in [4.78, 5) is 2.45. The molecule has 0 bridgehead atoms. The lowest BCUT2D eigenvalue weighted by molar-refractivity contribution is -0.0201. The van der Waals surface area contributed by atoms with Crippen molar-refractivity contribution in [3.8, 4) is 0 Å². The van der Waals surface area contributed by atoms with Crippen LogP contribution >= 0.6 is 24.8 Å². The summed E-state index contributed by atoms with van der Waals surface area (Å²) < 4.78 is 6.17. The Bertz CT molecular complexity index is 410. The molecular formula is C16H26Cl2N2O. The van der Waals surface area contributed by atoms with Crippen LogP contribution in [-0.4, -0.2) is 43.3 Å². The van der Waals surface area contributed by atoms with E-state index in [1.165, 1.54) is 24.8 Å². The van der Waals surface area contributed by atoms with Crippen molar-refractivity contribution >= 4 is 24.8 Å². The Hall–Kier alpha value is -0.320. The van der Waals surface area contributed by atoms with Gasteiger partial charge in [0.1, 0.15) is 0 Å². The molecule has 2 heterocycles. The predicted molar refractivity (Wildman–Crippen MR) is 91.6 cm³/mol. The first-order valence-corrected chi connectivity index (χ1v) is 7.36. The van der Waals surface area contributed by atoms with Crippen molar-refractivity contribution in [2.75, 3.05) is 26.7 Å². The number of rotatable bonds is 3. The van der Waals surface area contributed by atoms with Gasteiger partial charge in [0.25, 0.3) is 0 Å². The Morgan fingerprint density at radius 1 is 1.19 bits per heavy atom. The van der Waals surface area contributed by atoms with Crippen LogP contribution in [0.5, 0.6) is 0 Å². The zero-order valence-electron chi connectivity index (χ0n) is 12.6. The van der Waals surface area contributed by atoms with Gasteiger partial charge >= 0.3 is 0 Å². The lowest BCUT2D eigenvalue weighted by atomic mass is 9.88. The van der Waals surface area contributed by atoms with Crippen LogP contribution in [0, 0.1) is 0 Å². The molecule has 0 amide bonds. The van der Waals surface area contributed by atoms with Gasteiger partial charge in [0.2, 0.25) is 0 Å². The van der Waals surface area contributed by atoms with Gasteiger partial charge in [0.05, 0.1) is 12.2 Å². The number of likely N-dealkylation sites (N-methyl/N-ethyl adjacent to an activating group) is 1. The number of hydrogen-bond acceptors (Lipinski definition) is 3. The number of ether oxygens (including phenoxy) is 1. The molecule has 0 aromatic heterocycles. The number of halogens is 2. The fourth-order valence-electron chi connectivity index (χ4n) is 3.33. The van der Waals surface area contributed by atoms with E-state index in [1.54, 1.807) is 0 Å². The third-order valence-electron chi connectivity index (χ3n) is 4.60. The van der Waals surface area contributed by atoms with Gasteiger partial charge in [-0.1, -0.05) is 30.3 Å². The summed E-state index contributed by atoms with van der Waals surface area (Å²) in [6.45, 7) is 4.12. The number of nitrogens with one attached hydrogen (secondary N) is 1. The Balaban J connectivity index is 0.00000110. The molecule has 120 valence electrons. The molecule has 2 aliphatic heterocycles. The minimum atomic E-state index is 0. The second-order valence-electron chi connectivity index (χ2n) is 6.00. The molecule has 0 saturated carbocycles. The van der Waals surface area contributed by atoms with Crippen LogP contribution in [0.25, 0.3) is 0 Å². The van der Waals surface area contributed by atoms with Gasteiger partial charge in [0, 0.05) is 12.6 Å². The second-order valence-corrected chi connectivity index (χ2v) is 6.00. The summed E-state index contributed by atoms with van der Waals surface area (Å²) in [6.07, 6.45) is 3.53. The molecule has 0 radical (unpaired) electrons. The van der Waals surface area contributed by atoms with E-state index in [0.29, 0.717) is 6.04 Å². The van der Waals surface area contributed by atoms with E-state index in [-0.39, 0.29) is 30.4 Å². The van der Waals surface area contributed by atoms with Crippen molar-refractivity contribution in [3.63, 3.8) is 0 Å². The average molecular weight is 333 g/mol. The molecule has 1 aromatic carbocycles. The lowest BCUT2D eigenvalue weighted by Crippen LogP contribution is -2.42. The third kappa shape index (κ3) is 4.57. The van der Waals surface area contributed by atoms with Crippen molar-refractivity contribution in [2.45, 2.75) is 37.5 Å². The van der Waals surface area contributed by atoms with Crippen LogP contribution < -0.4 is 5.32 Å². The molecule has 21 heavy (non-hydrogen) atoms. The molecule has 5 heteroatoms. The zero-order chi connectivity index (χ0) is 13.1. The SMILES string of the molecule is CN(Cc1ccccc1)C1COC2(CCNCC2)C1.Cl.Cl. The predicted octanol–water partition coefficient (Wildman–Crippen LogP) is 2.87. The maximum atomic E-state index is 6.17. The highest BCUT2D eigenvalue weighted by Crippen LogP contribution is 2.35. The fraction of sp³-hybridized carbons (Fsp3) is 0.625. The number of benzene rings is 1. The summed E-state index contributed by atoms with van der Waals surface area (Å²) in [6, 6.07) is 11.3. The first kappa shape index (κ1) is 18.7. The van der Waals surface area contributed by atoms with E-state index in [2.05, 4.69) is 47.6 Å². The van der Waals surface area contributed by atoms with Gasteiger partial charge < -0.3 is 10.1 Å². The molecule has 2 aliphatic rings. The summed E-state index contributed by atoms with van der Waals surface area (Å²) in [7, 11) is 2.22. The Morgan fingerprint density at radius 2 is 1.86 bits per heavy atom. The largest absolute Gasteiger partial charge is 0.373 e. The van der Waals surface area contributed by atoms with Gasteiger partial charge in [-0.2, -0.15) is 0 Å². The van der Waals surface area contributed by atoms with Crippen LogP contribution in [0.4, 0.5) is 0 Å². The van der Waals surface area contributed by atoms with Crippen LogP contribution in [-0.2, 0) is 11.3 Å². The van der Waals surface area contributed by atoms with Gasteiger partial charge in [-0.3, -0.25) is 4.90 Å². The van der Waals surface area contributed by atoms with E-state index >= 15 is 0 Å². The maximum absolute atomic E-state index is 6.17. The first-order chi connectivity index (χ1) is 9.27. The van der Waals surface area contributed by atoms with Crippen molar-refractivity contribution in [1.82, 2.24) is 10.2 Å². The van der Waals surface area contributed by atoms with Gasteiger partial charge in [-0.05, 0) is 45.0 Å². The molecule has 0 aliphatic carbocycles. The second kappa shape index (κ2) is 8.35. The minimum Gasteiger partial charge on any atom is -0.373 e. The fourth-order valence-corrected chi connectivity index (χ4v) is 3.33. The average Bonchev–Trinajstić information content (AvgIpc) is 2.85. The smallest absolute Gasteiger partial charge is 0.0723 e. The quantitative estimate of drug-likeness (QED) is 0.921. The van der Waals surface area contributed by atoms with E-state index < -0.39 is 0 Å². The van der Waals surface area contributed by atoms with E-state index in [4.69, 9.17) is 4.74 Å². The van der Waals surface area contributed by atoms with Gasteiger partial charge in [-0.15, -0.1) is 24.8 Å². The standard InChI is InChI=1S/C16H24N2O.2ClH/c1-18(12-14-5-3-2-4-6-14)15-11-16(19-13-15)7-9-17-10-8-16;;/h2-6,15,17H,7-13H2,1H3;2*1H. The molecule has 1 N–H and O–H groups in total. The minimum absolute atomic E-state index is 0. The molecule has 3 nitrogen and oxygen atoms in total. The Morgan fingerprint density at radius 3 is 2.52 bits per heavy atom. The third-order valence-corrected chi connectivity index (χ3v) is 4.60. The summed E-state index contributed by atoms with van der Waals surface area (Å²) in [5.41, 5.74) is 1.55. The van der Waals surface area contributed by atoms with Crippen molar-refractivity contribution in [2.24, 2.45) is 0 Å². The van der Waals surface area contributed by atoms with Gasteiger partial charge in [-0.25, -0.2) is 0 Å². The number of hydrogen-bond donors (Lipinski definition) is 1. The molecule has 3 rings (SSSR count). The topological polar surface area (TPSA) is 24.5 Å². The molecule has 1 spiro atoms. The molecule has 1 unspecified atom stereocenters. The van der Waals surface area contributed by atoms with Crippen LogP contribution in [0.15, 0.2) is 30.3 Å². The van der Waals surface area contributed by atoms with Gasteiger partial charge in [0.15, 0.2) is 0 Å². The zero-order valence-corrected chi connectivity index (χ0v) is 14.2. The Kier molecular flexibility index (Phi) is 7.45. The highest BCUT2D eigenvalue weighted by atomic mass is 35.5.